The van der Waals surface area contributed by atoms with Crippen molar-refractivity contribution in [2.75, 3.05) is 39.9 Å². The molecule has 5 heteroatoms. The van der Waals surface area contributed by atoms with Crippen LogP contribution in [0.1, 0.15) is 17.5 Å². The Hall–Kier alpha value is -1.59. The minimum Gasteiger partial charge on any atom is -0.383 e. The van der Waals surface area contributed by atoms with Crippen molar-refractivity contribution in [2.45, 2.75) is 25.8 Å². The molecule has 1 saturated heterocycles. The van der Waals surface area contributed by atoms with E-state index in [1.54, 1.807) is 7.11 Å². The van der Waals surface area contributed by atoms with Crippen molar-refractivity contribution in [3.05, 3.63) is 35.4 Å². The number of urea groups is 1. The largest absolute Gasteiger partial charge is 0.383 e. The first-order valence-corrected chi connectivity index (χ1v) is 7.98. The first-order valence-electron chi connectivity index (χ1n) is 7.98. The Morgan fingerprint density at radius 3 is 2.86 bits per heavy atom. The van der Waals surface area contributed by atoms with Crippen molar-refractivity contribution >= 4 is 6.03 Å². The van der Waals surface area contributed by atoms with Gasteiger partial charge in [0, 0.05) is 39.3 Å². The van der Waals surface area contributed by atoms with Gasteiger partial charge in [0.1, 0.15) is 0 Å². The first kappa shape index (κ1) is 16.8. The van der Waals surface area contributed by atoms with Gasteiger partial charge in [-0.25, -0.2) is 4.79 Å². The summed E-state index contributed by atoms with van der Waals surface area (Å²) in [6.45, 7) is 6.35. The molecular formula is C17H27N3O2. The fraction of sp³-hybridized carbons (Fsp3) is 0.588. The zero-order valence-electron chi connectivity index (χ0n) is 13.6. The molecule has 0 radical (unpaired) electrons. The number of likely N-dealkylation sites (tertiary alicyclic amines) is 1. The van der Waals surface area contributed by atoms with Crippen LogP contribution in [0.3, 0.4) is 0 Å². The number of carbonyl (C=O) groups is 1. The van der Waals surface area contributed by atoms with Gasteiger partial charge in [0.2, 0.25) is 0 Å². The molecule has 0 unspecified atom stereocenters. The molecule has 22 heavy (non-hydrogen) atoms. The van der Waals surface area contributed by atoms with Gasteiger partial charge in [-0.05, 0) is 25.3 Å². The summed E-state index contributed by atoms with van der Waals surface area (Å²) in [4.78, 5) is 14.2. The maximum atomic E-state index is 11.9. The van der Waals surface area contributed by atoms with Crippen LogP contribution in [0.25, 0.3) is 0 Å². The zero-order chi connectivity index (χ0) is 15.8. The summed E-state index contributed by atoms with van der Waals surface area (Å²) >= 11 is 0. The van der Waals surface area contributed by atoms with E-state index in [4.69, 9.17) is 4.74 Å². The van der Waals surface area contributed by atoms with Crippen LogP contribution in [0.4, 0.5) is 4.79 Å². The molecule has 1 aliphatic heterocycles. The molecule has 1 heterocycles. The number of ether oxygens (including phenoxy) is 1. The molecule has 2 amide bonds. The van der Waals surface area contributed by atoms with Gasteiger partial charge >= 0.3 is 6.03 Å². The highest BCUT2D eigenvalue weighted by Gasteiger charge is 2.23. The lowest BCUT2D eigenvalue weighted by Gasteiger charge is -2.16. The summed E-state index contributed by atoms with van der Waals surface area (Å²) in [5.41, 5.74) is 2.51. The molecule has 1 fully saturated rings. The van der Waals surface area contributed by atoms with Gasteiger partial charge in [-0.2, -0.15) is 0 Å². The number of aryl methyl sites for hydroxylation is 1. The van der Waals surface area contributed by atoms with Gasteiger partial charge in [-0.3, -0.25) is 4.90 Å². The van der Waals surface area contributed by atoms with Crippen molar-refractivity contribution < 1.29 is 9.53 Å². The normalized spacial score (nSPS) is 18.4. The summed E-state index contributed by atoms with van der Waals surface area (Å²) in [5.74, 6) is 0. The van der Waals surface area contributed by atoms with Crippen LogP contribution < -0.4 is 10.6 Å². The molecule has 1 aromatic rings. The average Bonchev–Trinajstić information content (AvgIpc) is 2.94. The lowest BCUT2D eigenvalue weighted by molar-refractivity contribution is 0.159. The molecule has 0 bridgehead atoms. The van der Waals surface area contributed by atoms with E-state index in [1.165, 1.54) is 11.1 Å². The third kappa shape index (κ3) is 5.66. The number of rotatable bonds is 7. The minimum absolute atomic E-state index is 0.0642. The van der Waals surface area contributed by atoms with Crippen LogP contribution >= 0.6 is 0 Å². The predicted octanol–water partition coefficient (Wildman–Crippen LogP) is 1.56. The van der Waals surface area contributed by atoms with E-state index in [2.05, 4.69) is 46.7 Å². The standard InChI is InChI=1S/C17H27N3O2/c1-14-3-5-15(6-4-14)7-9-18-17(21)19-16-8-10-20(13-16)11-12-22-2/h3-6,16H,7-13H2,1-2H3,(H2,18,19,21)/t16-/m0/s1. The van der Waals surface area contributed by atoms with Gasteiger partial charge in [0.25, 0.3) is 0 Å². The molecule has 1 atom stereocenters. The van der Waals surface area contributed by atoms with Gasteiger partial charge in [-0.15, -0.1) is 0 Å². The van der Waals surface area contributed by atoms with Gasteiger partial charge in [-0.1, -0.05) is 29.8 Å². The van der Waals surface area contributed by atoms with Crippen molar-refractivity contribution in [2.24, 2.45) is 0 Å². The summed E-state index contributed by atoms with van der Waals surface area (Å²) in [6, 6.07) is 8.60. The van der Waals surface area contributed by atoms with Crippen molar-refractivity contribution in [1.82, 2.24) is 15.5 Å². The number of nitrogens with one attached hydrogen (secondary N) is 2. The molecular weight excluding hydrogens is 278 g/mol. The summed E-state index contributed by atoms with van der Waals surface area (Å²) in [5, 5.41) is 5.99. The Kier molecular flexibility index (Phi) is 6.68. The molecule has 0 saturated carbocycles. The van der Waals surface area contributed by atoms with Crippen molar-refractivity contribution in [3.63, 3.8) is 0 Å². The second kappa shape index (κ2) is 8.76. The quantitative estimate of drug-likeness (QED) is 0.804. The number of hydrogen-bond donors (Lipinski definition) is 2. The molecule has 122 valence electrons. The second-order valence-corrected chi connectivity index (χ2v) is 5.91. The van der Waals surface area contributed by atoms with Gasteiger partial charge in [0.15, 0.2) is 0 Å². The monoisotopic (exact) mass is 305 g/mol. The third-order valence-corrected chi connectivity index (χ3v) is 4.04. The maximum absolute atomic E-state index is 11.9. The number of amides is 2. The Bertz CT molecular complexity index is 461. The Labute approximate surface area is 133 Å². The number of benzene rings is 1. The highest BCUT2D eigenvalue weighted by molar-refractivity contribution is 5.74. The molecule has 0 spiro atoms. The van der Waals surface area contributed by atoms with E-state index in [0.717, 1.165) is 39.1 Å². The number of nitrogens with zero attached hydrogens (tertiary/aromatic N) is 1. The summed E-state index contributed by atoms with van der Waals surface area (Å²) < 4.78 is 5.08. The van der Waals surface area contributed by atoms with E-state index in [1.807, 2.05) is 0 Å². The Morgan fingerprint density at radius 1 is 1.36 bits per heavy atom. The fourth-order valence-electron chi connectivity index (χ4n) is 2.69. The molecule has 5 nitrogen and oxygen atoms in total. The third-order valence-electron chi connectivity index (χ3n) is 4.04. The number of hydrogen-bond acceptors (Lipinski definition) is 3. The lowest BCUT2D eigenvalue weighted by Crippen LogP contribution is -2.44. The molecule has 2 N–H and O–H groups in total. The van der Waals surface area contributed by atoms with Crippen molar-refractivity contribution in [1.29, 1.82) is 0 Å². The van der Waals surface area contributed by atoms with Crippen LogP contribution in [0.5, 0.6) is 0 Å². The highest BCUT2D eigenvalue weighted by Crippen LogP contribution is 2.08. The average molecular weight is 305 g/mol. The molecule has 0 aromatic heterocycles. The van der Waals surface area contributed by atoms with E-state index < -0.39 is 0 Å². The molecule has 0 aliphatic carbocycles. The van der Waals surface area contributed by atoms with Gasteiger partial charge in [0.05, 0.1) is 6.61 Å². The predicted molar refractivity (Wildman–Crippen MR) is 88.1 cm³/mol. The van der Waals surface area contributed by atoms with Crippen LogP contribution in [0.15, 0.2) is 24.3 Å². The molecule has 1 aliphatic rings. The SMILES string of the molecule is COCCN1CC[C@H](NC(=O)NCCc2ccc(C)cc2)C1. The first-order chi connectivity index (χ1) is 10.7. The van der Waals surface area contributed by atoms with Gasteiger partial charge < -0.3 is 15.4 Å². The smallest absolute Gasteiger partial charge is 0.315 e. The fourth-order valence-corrected chi connectivity index (χ4v) is 2.69. The molecule has 2 rings (SSSR count). The van der Waals surface area contributed by atoms with Crippen LogP contribution in [-0.4, -0.2) is 56.9 Å². The van der Waals surface area contributed by atoms with E-state index in [0.29, 0.717) is 6.54 Å². The van der Waals surface area contributed by atoms with Crippen LogP contribution in [-0.2, 0) is 11.2 Å². The van der Waals surface area contributed by atoms with E-state index in [9.17, 15) is 4.79 Å². The van der Waals surface area contributed by atoms with Crippen LogP contribution in [0.2, 0.25) is 0 Å². The number of carbonyl (C=O) groups excluding carboxylic acids is 1. The Morgan fingerprint density at radius 2 is 2.14 bits per heavy atom. The van der Waals surface area contributed by atoms with Crippen molar-refractivity contribution in [3.8, 4) is 0 Å². The summed E-state index contributed by atoms with van der Waals surface area (Å²) in [6.07, 6.45) is 1.87. The Balaban J connectivity index is 1.61. The maximum Gasteiger partial charge on any atom is 0.315 e. The summed E-state index contributed by atoms with van der Waals surface area (Å²) in [7, 11) is 1.72. The minimum atomic E-state index is -0.0642. The van der Waals surface area contributed by atoms with Crippen LogP contribution in [0, 0.1) is 6.92 Å². The lowest BCUT2D eigenvalue weighted by atomic mass is 10.1. The molecule has 1 aromatic carbocycles. The zero-order valence-corrected chi connectivity index (χ0v) is 13.6. The van der Waals surface area contributed by atoms with E-state index >= 15 is 0 Å². The second-order valence-electron chi connectivity index (χ2n) is 5.91. The number of methoxy groups -OCH3 is 1. The topological polar surface area (TPSA) is 53.6 Å². The highest BCUT2D eigenvalue weighted by atomic mass is 16.5. The van der Waals surface area contributed by atoms with E-state index in [-0.39, 0.29) is 12.1 Å².